The van der Waals surface area contributed by atoms with Gasteiger partial charge in [-0.05, 0) is 48.9 Å². The van der Waals surface area contributed by atoms with Crippen molar-refractivity contribution in [2.75, 3.05) is 11.9 Å². The second-order valence-electron chi connectivity index (χ2n) is 6.29. The molecule has 0 atom stereocenters. The lowest BCUT2D eigenvalue weighted by molar-refractivity contribution is 0.579. The van der Waals surface area contributed by atoms with Gasteiger partial charge in [-0.3, -0.25) is 0 Å². The van der Waals surface area contributed by atoms with Crippen LogP contribution in [0.5, 0.6) is 0 Å². The molecule has 142 valence electrons. The van der Waals surface area contributed by atoms with Crippen LogP contribution in [-0.2, 0) is 6.54 Å². The van der Waals surface area contributed by atoms with Gasteiger partial charge in [0.2, 0.25) is 5.95 Å². The molecule has 0 saturated carbocycles. The average molecular weight is 379 g/mol. The van der Waals surface area contributed by atoms with Gasteiger partial charge < -0.3 is 15.2 Å². The van der Waals surface area contributed by atoms with Crippen LogP contribution in [0.4, 0.5) is 20.4 Å². The molecule has 0 spiro atoms. The maximum absolute atomic E-state index is 13.7. The Morgan fingerprint density at radius 3 is 2.43 bits per heavy atom. The first-order valence-corrected chi connectivity index (χ1v) is 8.57. The number of nitrogens with zero attached hydrogens (tertiary/aromatic N) is 3. The van der Waals surface area contributed by atoms with Crippen molar-refractivity contribution in [2.24, 2.45) is 0 Å². The van der Waals surface area contributed by atoms with E-state index in [1.54, 1.807) is 36.2 Å². The molecule has 3 rings (SSSR count). The number of halogens is 2. The fraction of sp³-hybridized carbons (Fsp3) is 0.143. The molecule has 7 heteroatoms. The van der Waals surface area contributed by atoms with Gasteiger partial charge in [-0.2, -0.15) is 5.26 Å². The Labute approximate surface area is 162 Å². The van der Waals surface area contributed by atoms with Crippen molar-refractivity contribution in [1.29, 1.82) is 5.26 Å². The summed E-state index contributed by atoms with van der Waals surface area (Å²) in [5, 5.41) is 12.0. The van der Waals surface area contributed by atoms with Gasteiger partial charge in [0.1, 0.15) is 17.3 Å². The average Bonchev–Trinajstić information content (AvgIpc) is 3.06. The van der Waals surface area contributed by atoms with Gasteiger partial charge in [-0.1, -0.05) is 6.58 Å². The smallest absolute Gasteiger partial charge is 0.208 e. The molecule has 0 aliphatic carbocycles. The molecule has 0 bridgehead atoms. The molecule has 0 radical (unpaired) electrons. The van der Waals surface area contributed by atoms with Gasteiger partial charge in [0.15, 0.2) is 0 Å². The molecule has 0 saturated heterocycles. The number of imidazole rings is 1. The van der Waals surface area contributed by atoms with Crippen LogP contribution < -0.4 is 10.2 Å². The monoisotopic (exact) mass is 379 g/mol. The highest BCUT2D eigenvalue weighted by molar-refractivity contribution is 5.65. The summed E-state index contributed by atoms with van der Waals surface area (Å²) in [5.74, 6) is -0.789. The Kier molecular flexibility index (Phi) is 5.41. The van der Waals surface area contributed by atoms with Crippen molar-refractivity contribution in [3.63, 3.8) is 0 Å². The summed E-state index contributed by atoms with van der Waals surface area (Å²) < 4.78 is 27.3. The largest absolute Gasteiger partial charge is 0.387 e. The third-order valence-corrected chi connectivity index (χ3v) is 4.29. The van der Waals surface area contributed by atoms with Gasteiger partial charge in [-0.15, -0.1) is 0 Å². The van der Waals surface area contributed by atoms with E-state index in [1.807, 2.05) is 6.92 Å². The van der Waals surface area contributed by atoms with Crippen molar-refractivity contribution < 1.29 is 8.78 Å². The van der Waals surface area contributed by atoms with E-state index in [0.29, 0.717) is 28.5 Å². The Hall–Kier alpha value is -3.66. The van der Waals surface area contributed by atoms with E-state index >= 15 is 0 Å². The van der Waals surface area contributed by atoms with E-state index < -0.39 is 11.6 Å². The summed E-state index contributed by atoms with van der Waals surface area (Å²) in [6.45, 7) is 5.98. The molecular weight excluding hydrogens is 360 g/mol. The molecule has 5 nitrogen and oxygen atoms in total. The molecule has 0 fully saturated rings. The highest BCUT2D eigenvalue weighted by Crippen LogP contribution is 2.28. The van der Waals surface area contributed by atoms with E-state index in [0.717, 1.165) is 17.4 Å². The summed E-state index contributed by atoms with van der Waals surface area (Å²) >= 11 is 0. The first-order valence-electron chi connectivity index (χ1n) is 8.57. The van der Waals surface area contributed by atoms with E-state index in [2.05, 4.69) is 27.9 Å². The Morgan fingerprint density at radius 2 is 1.86 bits per heavy atom. The zero-order chi connectivity index (χ0) is 20.3. The summed E-state index contributed by atoms with van der Waals surface area (Å²) in [7, 11) is 1.75. The van der Waals surface area contributed by atoms with Crippen LogP contribution in [0.1, 0.15) is 22.5 Å². The third kappa shape index (κ3) is 4.01. The third-order valence-electron chi connectivity index (χ3n) is 4.29. The molecule has 0 aliphatic heterocycles. The van der Waals surface area contributed by atoms with Crippen LogP contribution in [0.3, 0.4) is 0 Å². The summed E-state index contributed by atoms with van der Waals surface area (Å²) in [5.41, 5.74) is 3.81. The van der Waals surface area contributed by atoms with Gasteiger partial charge >= 0.3 is 0 Å². The van der Waals surface area contributed by atoms with Crippen LogP contribution in [-0.4, -0.2) is 17.0 Å². The minimum absolute atomic E-state index is 0.180. The number of aromatic nitrogens is 2. The van der Waals surface area contributed by atoms with Crippen LogP contribution in [0.15, 0.2) is 49.0 Å². The number of benzene rings is 2. The molecule has 3 aromatic rings. The van der Waals surface area contributed by atoms with Gasteiger partial charge in [0.25, 0.3) is 0 Å². The molecule has 1 aromatic heterocycles. The molecule has 0 unspecified atom stereocenters. The molecular formula is C21H19F2N5. The lowest BCUT2D eigenvalue weighted by atomic mass is 10.1. The SMILES string of the molecule is C=C(NC)c1nc(N(Cc2cc(F)cc(F)c2)c2ccc(C#N)cc2)[nH]c1C. The minimum Gasteiger partial charge on any atom is -0.387 e. The number of aryl methyl sites for hydroxylation is 1. The van der Waals surface area contributed by atoms with Gasteiger partial charge in [0.05, 0.1) is 23.9 Å². The molecule has 1 heterocycles. The number of hydrogen-bond acceptors (Lipinski definition) is 4. The fourth-order valence-electron chi connectivity index (χ4n) is 2.87. The van der Waals surface area contributed by atoms with E-state index in [4.69, 9.17) is 5.26 Å². The molecule has 0 aliphatic rings. The maximum Gasteiger partial charge on any atom is 0.208 e. The predicted octanol–water partition coefficient (Wildman–Crippen LogP) is 4.40. The normalized spacial score (nSPS) is 10.4. The van der Waals surface area contributed by atoms with Crippen LogP contribution in [0, 0.1) is 29.9 Å². The number of anilines is 2. The van der Waals surface area contributed by atoms with Crippen LogP contribution in [0.2, 0.25) is 0 Å². The second-order valence-corrected chi connectivity index (χ2v) is 6.29. The van der Waals surface area contributed by atoms with Gasteiger partial charge in [0, 0.05) is 24.5 Å². The summed E-state index contributed by atoms with van der Waals surface area (Å²) in [4.78, 5) is 9.58. The summed E-state index contributed by atoms with van der Waals surface area (Å²) in [6.07, 6.45) is 0. The standard InChI is InChI=1S/C21H19F2N5/c1-13(25-3)20-14(2)26-21(27-20)28(19-6-4-15(11-24)5-7-19)12-16-8-17(22)10-18(23)9-16/h4-10,25H,1,12H2,2-3H3,(H,26,27). The van der Waals surface area contributed by atoms with Crippen molar-refractivity contribution >= 4 is 17.3 Å². The number of nitriles is 1. The van der Waals surface area contributed by atoms with E-state index in [9.17, 15) is 8.78 Å². The quantitative estimate of drug-likeness (QED) is 0.666. The Morgan fingerprint density at radius 1 is 1.21 bits per heavy atom. The first kappa shape index (κ1) is 19.1. The first-order chi connectivity index (χ1) is 13.4. The van der Waals surface area contributed by atoms with Crippen molar-refractivity contribution in [3.8, 4) is 6.07 Å². The Balaban J connectivity index is 2.06. The van der Waals surface area contributed by atoms with E-state index in [-0.39, 0.29) is 6.54 Å². The number of rotatable bonds is 6. The zero-order valence-electron chi connectivity index (χ0n) is 15.6. The maximum atomic E-state index is 13.7. The van der Waals surface area contributed by atoms with Crippen molar-refractivity contribution in [3.05, 3.63) is 83.2 Å². The van der Waals surface area contributed by atoms with Crippen molar-refractivity contribution in [1.82, 2.24) is 15.3 Å². The number of aromatic amines is 1. The summed E-state index contributed by atoms with van der Waals surface area (Å²) in [6, 6.07) is 12.4. The highest BCUT2D eigenvalue weighted by Gasteiger charge is 2.18. The highest BCUT2D eigenvalue weighted by atomic mass is 19.1. The van der Waals surface area contributed by atoms with Crippen LogP contribution in [0.25, 0.3) is 5.70 Å². The van der Waals surface area contributed by atoms with Gasteiger partial charge in [-0.25, -0.2) is 13.8 Å². The number of nitrogens with one attached hydrogen (secondary N) is 2. The molecule has 2 N–H and O–H groups in total. The number of H-pyrrole nitrogens is 1. The van der Waals surface area contributed by atoms with Crippen LogP contribution >= 0.6 is 0 Å². The Bertz CT molecular complexity index is 1030. The van der Waals surface area contributed by atoms with Crippen molar-refractivity contribution in [2.45, 2.75) is 13.5 Å². The molecule has 0 amide bonds. The molecule has 2 aromatic carbocycles. The molecule has 28 heavy (non-hydrogen) atoms. The topological polar surface area (TPSA) is 67.7 Å². The lowest BCUT2D eigenvalue weighted by Gasteiger charge is -2.22. The fourth-order valence-corrected chi connectivity index (χ4v) is 2.87. The zero-order valence-corrected chi connectivity index (χ0v) is 15.6. The number of hydrogen-bond donors (Lipinski definition) is 2. The lowest BCUT2D eigenvalue weighted by Crippen LogP contribution is -2.18. The predicted molar refractivity (Wildman–Crippen MR) is 105 cm³/mol. The van der Waals surface area contributed by atoms with E-state index in [1.165, 1.54) is 12.1 Å². The minimum atomic E-state index is -0.644. The second kappa shape index (κ2) is 7.92.